The van der Waals surface area contributed by atoms with Crippen LogP contribution in [0.25, 0.3) is 16.6 Å². The van der Waals surface area contributed by atoms with Gasteiger partial charge in [0.2, 0.25) is 0 Å². The third-order valence-electron chi connectivity index (χ3n) is 3.81. The van der Waals surface area contributed by atoms with Gasteiger partial charge < -0.3 is 5.11 Å². The summed E-state index contributed by atoms with van der Waals surface area (Å²) in [6.45, 7) is 0. The summed E-state index contributed by atoms with van der Waals surface area (Å²) in [5.41, 5.74) is 3.30. The molecule has 0 atom stereocenters. The maximum absolute atomic E-state index is 12.5. The quantitative estimate of drug-likeness (QED) is 0.538. The molecule has 0 amide bonds. The zero-order chi connectivity index (χ0) is 13.9. The number of fused-ring (bicyclic) bond motifs is 2. The predicted molar refractivity (Wildman–Crippen MR) is 79.0 cm³/mol. The van der Waals surface area contributed by atoms with Gasteiger partial charge in [-0.05, 0) is 23.3 Å². The highest BCUT2D eigenvalue weighted by atomic mass is 35.5. The number of hydrogen-bond donors (Lipinski definition) is 1. The Labute approximate surface area is 119 Å². The number of aromatic nitrogens is 1. The molecule has 4 rings (SSSR count). The van der Waals surface area contributed by atoms with E-state index in [1.165, 1.54) is 0 Å². The monoisotopic (exact) mass is 283 g/mol. The van der Waals surface area contributed by atoms with Gasteiger partial charge in [-0.15, -0.1) is 0 Å². The number of nitrogens with zero attached hydrogens (tertiary/aromatic N) is 1. The Balaban J connectivity index is 2.32. The van der Waals surface area contributed by atoms with Crippen LogP contribution in [0.4, 0.5) is 0 Å². The van der Waals surface area contributed by atoms with Gasteiger partial charge >= 0.3 is 0 Å². The van der Waals surface area contributed by atoms with Crippen molar-refractivity contribution in [2.45, 2.75) is 6.42 Å². The number of aromatic hydroxyl groups is 1. The highest BCUT2D eigenvalue weighted by Gasteiger charge is 2.23. The van der Waals surface area contributed by atoms with Crippen LogP contribution in [-0.4, -0.2) is 9.67 Å². The van der Waals surface area contributed by atoms with E-state index in [9.17, 15) is 9.90 Å². The Hall–Kier alpha value is -2.26. The maximum Gasteiger partial charge on any atom is 0.278 e. The molecular formula is C16H10ClNO2. The summed E-state index contributed by atoms with van der Waals surface area (Å²) in [5, 5.41) is 10.6. The van der Waals surface area contributed by atoms with Crippen LogP contribution >= 0.6 is 11.6 Å². The van der Waals surface area contributed by atoms with E-state index in [0.29, 0.717) is 5.39 Å². The molecule has 2 aromatic carbocycles. The molecule has 1 N–H and O–H groups in total. The molecule has 0 aliphatic carbocycles. The molecule has 1 aromatic heterocycles. The lowest BCUT2D eigenvalue weighted by Gasteiger charge is -2.23. The number of halogens is 1. The number of para-hydroxylation sites is 2. The van der Waals surface area contributed by atoms with Crippen LogP contribution in [0, 0.1) is 0 Å². The van der Waals surface area contributed by atoms with E-state index in [1.54, 1.807) is 10.6 Å². The molecule has 98 valence electrons. The first-order valence-electron chi connectivity index (χ1n) is 6.32. The van der Waals surface area contributed by atoms with Crippen molar-refractivity contribution in [3.63, 3.8) is 0 Å². The summed E-state index contributed by atoms with van der Waals surface area (Å²) >= 11 is 6.00. The first kappa shape index (κ1) is 11.6. The lowest BCUT2D eigenvalue weighted by molar-refractivity contribution is 0.480. The van der Waals surface area contributed by atoms with Crippen molar-refractivity contribution < 1.29 is 5.11 Å². The van der Waals surface area contributed by atoms with E-state index in [2.05, 4.69) is 0 Å². The molecule has 0 spiro atoms. The first-order valence-corrected chi connectivity index (χ1v) is 6.69. The Morgan fingerprint density at radius 3 is 2.65 bits per heavy atom. The Morgan fingerprint density at radius 2 is 1.80 bits per heavy atom. The molecule has 0 saturated heterocycles. The minimum absolute atomic E-state index is 0.133. The Morgan fingerprint density at radius 1 is 1.05 bits per heavy atom. The molecule has 0 saturated carbocycles. The minimum Gasteiger partial charge on any atom is -0.505 e. The van der Waals surface area contributed by atoms with Crippen LogP contribution in [0.2, 0.25) is 5.02 Å². The van der Waals surface area contributed by atoms with E-state index in [-0.39, 0.29) is 16.3 Å². The Kier molecular flexibility index (Phi) is 2.24. The summed E-state index contributed by atoms with van der Waals surface area (Å²) in [6.07, 6.45) is 0.744. The van der Waals surface area contributed by atoms with Gasteiger partial charge in [0, 0.05) is 11.8 Å². The zero-order valence-corrected chi connectivity index (χ0v) is 11.2. The molecule has 3 aromatic rings. The predicted octanol–water partition coefficient (Wildman–Crippen LogP) is 3.25. The molecule has 20 heavy (non-hydrogen) atoms. The van der Waals surface area contributed by atoms with Gasteiger partial charge in [0.25, 0.3) is 5.56 Å². The van der Waals surface area contributed by atoms with Crippen molar-refractivity contribution in [3.8, 4) is 11.4 Å². The van der Waals surface area contributed by atoms with Gasteiger partial charge in [-0.2, -0.15) is 0 Å². The van der Waals surface area contributed by atoms with Crippen LogP contribution < -0.4 is 5.56 Å². The number of pyridine rings is 1. The fourth-order valence-electron chi connectivity index (χ4n) is 2.92. The molecule has 0 fully saturated rings. The van der Waals surface area contributed by atoms with Crippen molar-refractivity contribution >= 4 is 22.5 Å². The first-order chi connectivity index (χ1) is 9.68. The molecule has 0 bridgehead atoms. The summed E-state index contributed by atoms with van der Waals surface area (Å²) in [6, 6.07) is 13.4. The second-order valence-corrected chi connectivity index (χ2v) is 5.30. The second kappa shape index (κ2) is 3.87. The summed E-state index contributed by atoms with van der Waals surface area (Å²) < 4.78 is 1.60. The molecular weight excluding hydrogens is 274 g/mol. The van der Waals surface area contributed by atoms with Gasteiger partial charge in [0.05, 0.1) is 11.2 Å². The van der Waals surface area contributed by atoms with Crippen molar-refractivity contribution in [2.75, 3.05) is 0 Å². The van der Waals surface area contributed by atoms with Gasteiger partial charge in [-0.3, -0.25) is 9.36 Å². The van der Waals surface area contributed by atoms with Gasteiger partial charge in [0.15, 0.2) is 0 Å². The van der Waals surface area contributed by atoms with Crippen LogP contribution in [0.1, 0.15) is 11.1 Å². The molecule has 3 nitrogen and oxygen atoms in total. The standard InChI is InChI=1S/C16H10ClNO2/c17-13-15(19)11-6-3-5-10-8-9-4-1-2-7-12(9)18(14(10)11)16(13)20/h1-7,19H,8H2. The third kappa shape index (κ3) is 1.33. The second-order valence-electron chi connectivity index (χ2n) is 4.92. The molecule has 4 heteroatoms. The Bertz CT molecular complexity index is 928. The van der Waals surface area contributed by atoms with Gasteiger partial charge in [-0.25, -0.2) is 0 Å². The molecule has 0 unspecified atom stereocenters. The van der Waals surface area contributed by atoms with Gasteiger partial charge in [-0.1, -0.05) is 41.9 Å². The third-order valence-corrected chi connectivity index (χ3v) is 4.15. The fourth-order valence-corrected chi connectivity index (χ4v) is 3.11. The van der Waals surface area contributed by atoms with Crippen LogP contribution in [0.15, 0.2) is 47.3 Å². The highest BCUT2D eigenvalue weighted by molar-refractivity contribution is 6.33. The lowest BCUT2D eigenvalue weighted by Crippen LogP contribution is -2.24. The number of hydrogen-bond acceptors (Lipinski definition) is 2. The molecule has 1 aliphatic rings. The van der Waals surface area contributed by atoms with Gasteiger partial charge in [0.1, 0.15) is 10.8 Å². The number of rotatable bonds is 0. The van der Waals surface area contributed by atoms with Crippen LogP contribution in [0.5, 0.6) is 5.75 Å². The van der Waals surface area contributed by atoms with E-state index in [0.717, 1.165) is 28.8 Å². The van der Waals surface area contributed by atoms with E-state index >= 15 is 0 Å². The van der Waals surface area contributed by atoms with E-state index in [1.807, 2.05) is 36.4 Å². The smallest absolute Gasteiger partial charge is 0.278 e. The lowest BCUT2D eigenvalue weighted by atomic mass is 9.96. The average Bonchev–Trinajstić information content (AvgIpc) is 2.48. The molecule has 2 heterocycles. The summed E-state index contributed by atoms with van der Waals surface area (Å²) in [7, 11) is 0. The molecule has 0 radical (unpaired) electrons. The fraction of sp³-hybridized carbons (Fsp3) is 0.0625. The van der Waals surface area contributed by atoms with E-state index in [4.69, 9.17) is 11.6 Å². The number of benzene rings is 2. The average molecular weight is 284 g/mol. The SMILES string of the molecule is O=c1c(Cl)c(O)c2cccc3c2n1-c1ccccc1C3. The topological polar surface area (TPSA) is 42.2 Å². The normalized spacial score (nSPS) is 12.4. The summed E-state index contributed by atoms with van der Waals surface area (Å²) in [5.74, 6) is -0.135. The van der Waals surface area contributed by atoms with Crippen molar-refractivity contribution in [1.82, 2.24) is 4.57 Å². The summed E-state index contributed by atoms with van der Waals surface area (Å²) in [4.78, 5) is 12.5. The molecule has 1 aliphatic heterocycles. The maximum atomic E-state index is 12.5. The minimum atomic E-state index is -0.378. The van der Waals surface area contributed by atoms with Crippen molar-refractivity contribution in [3.05, 3.63) is 69.0 Å². The van der Waals surface area contributed by atoms with Crippen molar-refractivity contribution in [1.29, 1.82) is 0 Å². The largest absolute Gasteiger partial charge is 0.505 e. The van der Waals surface area contributed by atoms with Crippen molar-refractivity contribution in [2.24, 2.45) is 0 Å². The van der Waals surface area contributed by atoms with Crippen LogP contribution in [0.3, 0.4) is 0 Å². The van der Waals surface area contributed by atoms with E-state index < -0.39 is 0 Å². The highest BCUT2D eigenvalue weighted by Crippen LogP contribution is 2.36. The van der Waals surface area contributed by atoms with Crippen LogP contribution in [-0.2, 0) is 6.42 Å². The zero-order valence-electron chi connectivity index (χ0n) is 10.4.